The van der Waals surface area contributed by atoms with Gasteiger partial charge < -0.3 is 5.32 Å². The van der Waals surface area contributed by atoms with Crippen molar-refractivity contribution in [3.63, 3.8) is 0 Å². The number of likely N-dealkylation sites (N-methyl/N-ethyl adjacent to an activating group) is 1. The lowest BCUT2D eigenvalue weighted by molar-refractivity contribution is 0.532. The van der Waals surface area contributed by atoms with E-state index in [1.54, 1.807) is 6.07 Å². The van der Waals surface area contributed by atoms with Gasteiger partial charge in [0.2, 0.25) is 0 Å². The van der Waals surface area contributed by atoms with E-state index < -0.39 is 0 Å². The molecule has 1 heterocycles. The van der Waals surface area contributed by atoms with Gasteiger partial charge in [-0.3, -0.25) is 4.98 Å². The second-order valence-corrected chi connectivity index (χ2v) is 5.59. The highest BCUT2D eigenvalue weighted by Crippen LogP contribution is 2.17. The van der Waals surface area contributed by atoms with E-state index >= 15 is 0 Å². The van der Waals surface area contributed by atoms with Crippen LogP contribution in [0.4, 0.5) is 4.39 Å². The molecule has 0 spiro atoms. The van der Waals surface area contributed by atoms with Crippen LogP contribution in [0.2, 0.25) is 0 Å². The van der Waals surface area contributed by atoms with E-state index in [0.29, 0.717) is 0 Å². The van der Waals surface area contributed by atoms with Crippen LogP contribution in [0.25, 0.3) is 0 Å². The SMILES string of the molecule is CCNC(Cc1ccc(I)cc1)c1ccc(F)cn1. The van der Waals surface area contributed by atoms with Crippen LogP contribution in [-0.2, 0) is 6.42 Å². The van der Waals surface area contributed by atoms with Gasteiger partial charge in [-0.1, -0.05) is 19.1 Å². The molecule has 0 amide bonds. The van der Waals surface area contributed by atoms with Crippen LogP contribution in [0, 0.1) is 9.39 Å². The Morgan fingerprint density at radius 2 is 1.95 bits per heavy atom. The monoisotopic (exact) mass is 370 g/mol. The summed E-state index contributed by atoms with van der Waals surface area (Å²) < 4.78 is 14.1. The van der Waals surface area contributed by atoms with Crippen LogP contribution >= 0.6 is 22.6 Å². The molecule has 4 heteroatoms. The van der Waals surface area contributed by atoms with Crippen molar-refractivity contribution in [2.45, 2.75) is 19.4 Å². The van der Waals surface area contributed by atoms with Crippen molar-refractivity contribution in [2.24, 2.45) is 0 Å². The zero-order valence-electron chi connectivity index (χ0n) is 10.7. The third kappa shape index (κ3) is 4.24. The van der Waals surface area contributed by atoms with Gasteiger partial charge >= 0.3 is 0 Å². The number of nitrogens with one attached hydrogen (secondary N) is 1. The zero-order chi connectivity index (χ0) is 13.7. The molecule has 1 unspecified atom stereocenters. The van der Waals surface area contributed by atoms with E-state index in [2.05, 4.69) is 64.1 Å². The molecule has 0 saturated carbocycles. The Hall–Kier alpha value is -1.01. The summed E-state index contributed by atoms with van der Waals surface area (Å²) in [5.41, 5.74) is 2.12. The molecule has 1 atom stereocenters. The number of nitrogens with zero attached hydrogens (tertiary/aromatic N) is 1. The Bertz CT molecular complexity index is 511. The van der Waals surface area contributed by atoms with Gasteiger partial charge in [-0.05, 0) is 65.4 Å². The van der Waals surface area contributed by atoms with Gasteiger partial charge in [0, 0.05) is 3.57 Å². The number of aromatic nitrogens is 1. The van der Waals surface area contributed by atoms with Gasteiger partial charge in [0.05, 0.1) is 17.9 Å². The molecule has 0 aliphatic rings. The summed E-state index contributed by atoms with van der Waals surface area (Å²) in [5, 5.41) is 3.39. The largest absolute Gasteiger partial charge is 0.309 e. The fraction of sp³-hybridized carbons (Fsp3) is 0.267. The summed E-state index contributed by atoms with van der Waals surface area (Å²) >= 11 is 2.29. The maximum atomic E-state index is 12.9. The zero-order valence-corrected chi connectivity index (χ0v) is 12.9. The van der Waals surface area contributed by atoms with E-state index in [1.807, 2.05) is 0 Å². The number of benzene rings is 1. The summed E-state index contributed by atoms with van der Waals surface area (Å²) in [5.74, 6) is -0.298. The van der Waals surface area contributed by atoms with Gasteiger partial charge in [0.1, 0.15) is 5.82 Å². The second-order valence-electron chi connectivity index (χ2n) is 4.34. The molecule has 0 fully saturated rings. The summed E-state index contributed by atoms with van der Waals surface area (Å²) in [4.78, 5) is 4.17. The first-order valence-electron chi connectivity index (χ1n) is 6.28. The van der Waals surface area contributed by atoms with Crippen LogP contribution in [0.5, 0.6) is 0 Å². The predicted octanol–water partition coefficient (Wildman–Crippen LogP) is 3.72. The van der Waals surface area contributed by atoms with E-state index in [9.17, 15) is 4.39 Å². The predicted molar refractivity (Wildman–Crippen MR) is 83.5 cm³/mol. The van der Waals surface area contributed by atoms with Crippen molar-refractivity contribution in [2.75, 3.05) is 6.54 Å². The summed E-state index contributed by atoms with van der Waals surface area (Å²) in [6.07, 6.45) is 2.12. The van der Waals surface area contributed by atoms with Crippen molar-refractivity contribution >= 4 is 22.6 Å². The van der Waals surface area contributed by atoms with E-state index in [1.165, 1.54) is 21.4 Å². The molecule has 1 aromatic heterocycles. The minimum absolute atomic E-state index is 0.116. The lowest BCUT2D eigenvalue weighted by Gasteiger charge is -2.17. The third-order valence-electron chi connectivity index (χ3n) is 2.91. The molecule has 2 rings (SSSR count). The fourth-order valence-electron chi connectivity index (χ4n) is 1.98. The minimum atomic E-state index is -0.298. The Labute approximate surface area is 126 Å². The number of hydrogen-bond donors (Lipinski definition) is 1. The highest BCUT2D eigenvalue weighted by atomic mass is 127. The fourth-order valence-corrected chi connectivity index (χ4v) is 2.34. The quantitative estimate of drug-likeness (QED) is 0.812. The number of halogens is 2. The first-order chi connectivity index (χ1) is 9.19. The maximum Gasteiger partial charge on any atom is 0.141 e. The number of hydrogen-bond acceptors (Lipinski definition) is 2. The summed E-state index contributed by atoms with van der Waals surface area (Å²) in [7, 11) is 0. The van der Waals surface area contributed by atoms with E-state index in [4.69, 9.17) is 0 Å². The lowest BCUT2D eigenvalue weighted by atomic mass is 10.0. The maximum absolute atomic E-state index is 12.9. The molecule has 100 valence electrons. The Balaban J connectivity index is 2.15. The van der Waals surface area contributed by atoms with Crippen LogP contribution < -0.4 is 5.32 Å². The van der Waals surface area contributed by atoms with Gasteiger partial charge in [-0.15, -0.1) is 0 Å². The molecule has 0 aliphatic carbocycles. The number of pyridine rings is 1. The standard InChI is InChI=1S/C15H16FIN2/c1-2-18-15(14-8-5-12(16)10-19-14)9-11-3-6-13(17)7-4-11/h3-8,10,15,18H,2,9H2,1H3. The van der Waals surface area contributed by atoms with Crippen LogP contribution in [0.1, 0.15) is 24.2 Å². The van der Waals surface area contributed by atoms with Gasteiger partial charge in [-0.2, -0.15) is 0 Å². The highest BCUT2D eigenvalue weighted by molar-refractivity contribution is 14.1. The van der Waals surface area contributed by atoms with Gasteiger partial charge in [0.15, 0.2) is 0 Å². The molecule has 1 aromatic carbocycles. The average Bonchev–Trinajstić information content (AvgIpc) is 2.42. The molecule has 0 saturated heterocycles. The Morgan fingerprint density at radius 1 is 1.21 bits per heavy atom. The Morgan fingerprint density at radius 3 is 2.53 bits per heavy atom. The molecule has 1 N–H and O–H groups in total. The topological polar surface area (TPSA) is 24.9 Å². The minimum Gasteiger partial charge on any atom is -0.309 e. The van der Waals surface area contributed by atoms with Crippen molar-refractivity contribution in [3.05, 3.63) is 63.2 Å². The molecule has 19 heavy (non-hydrogen) atoms. The van der Waals surface area contributed by atoms with E-state index in [0.717, 1.165) is 18.7 Å². The number of rotatable bonds is 5. The molecule has 0 bridgehead atoms. The van der Waals surface area contributed by atoms with Crippen molar-refractivity contribution in [1.29, 1.82) is 0 Å². The summed E-state index contributed by atoms with van der Waals surface area (Å²) in [6, 6.07) is 11.8. The molecular formula is C15H16FIN2. The third-order valence-corrected chi connectivity index (χ3v) is 3.63. The lowest BCUT2D eigenvalue weighted by Crippen LogP contribution is -2.23. The van der Waals surface area contributed by atoms with Crippen LogP contribution in [-0.4, -0.2) is 11.5 Å². The molecule has 2 nitrogen and oxygen atoms in total. The summed E-state index contributed by atoms with van der Waals surface area (Å²) in [6.45, 7) is 2.92. The van der Waals surface area contributed by atoms with Gasteiger partial charge in [0.25, 0.3) is 0 Å². The average molecular weight is 370 g/mol. The van der Waals surface area contributed by atoms with Crippen molar-refractivity contribution < 1.29 is 4.39 Å². The molecule has 0 radical (unpaired) electrons. The molecular weight excluding hydrogens is 354 g/mol. The van der Waals surface area contributed by atoms with Crippen LogP contribution in [0.15, 0.2) is 42.6 Å². The highest BCUT2D eigenvalue weighted by Gasteiger charge is 2.12. The van der Waals surface area contributed by atoms with Gasteiger partial charge in [-0.25, -0.2) is 4.39 Å². The first-order valence-corrected chi connectivity index (χ1v) is 7.36. The van der Waals surface area contributed by atoms with E-state index in [-0.39, 0.29) is 11.9 Å². The first kappa shape index (κ1) is 14.4. The molecule has 0 aliphatic heterocycles. The Kier molecular flexibility index (Phi) is 5.27. The molecule has 2 aromatic rings. The van der Waals surface area contributed by atoms with Crippen molar-refractivity contribution in [3.8, 4) is 0 Å². The van der Waals surface area contributed by atoms with Crippen molar-refractivity contribution in [1.82, 2.24) is 10.3 Å². The second kappa shape index (κ2) is 6.96. The smallest absolute Gasteiger partial charge is 0.141 e. The normalized spacial score (nSPS) is 12.4. The van der Waals surface area contributed by atoms with Crippen LogP contribution in [0.3, 0.4) is 0 Å².